The van der Waals surface area contributed by atoms with Crippen molar-refractivity contribution in [1.82, 2.24) is 13.9 Å². The summed E-state index contributed by atoms with van der Waals surface area (Å²) in [7, 11) is -7.57. The van der Waals surface area contributed by atoms with Crippen molar-refractivity contribution in [3.05, 3.63) is 90.3 Å². The normalized spacial score (nSPS) is 12.4. The van der Waals surface area contributed by atoms with Crippen molar-refractivity contribution in [3.8, 4) is 0 Å². The van der Waals surface area contributed by atoms with Crippen LogP contribution in [0.3, 0.4) is 0 Å². The highest BCUT2D eigenvalue weighted by atomic mass is 32.2. The monoisotopic (exact) mass is 501 g/mol. The molecule has 0 aliphatic heterocycles. The lowest BCUT2D eigenvalue weighted by Crippen LogP contribution is -2.32. The van der Waals surface area contributed by atoms with Crippen LogP contribution in [-0.4, -0.2) is 37.2 Å². The van der Waals surface area contributed by atoms with Crippen LogP contribution in [0.4, 0.5) is 0 Å². The average Bonchev–Trinajstić information content (AvgIpc) is 3.16. The van der Waals surface area contributed by atoms with E-state index in [0.29, 0.717) is 17.8 Å². The van der Waals surface area contributed by atoms with Crippen LogP contribution >= 0.6 is 0 Å². The van der Waals surface area contributed by atoms with E-state index in [-0.39, 0.29) is 34.8 Å². The third-order valence-corrected chi connectivity index (χ3v) is 8.68. The van der Waals surface area contributed by atoms with Gasteiger partial charge in [-0.05, 0) is 30.5 Å². The number of aromatic nitrogens is 2. The molecule has 3 rings (SSSR count). The van der Waals surface area contributed by atoms with Gasteiger partial charge in [0.2, 0.25) is 25.0 Å². The first kappa shape index (κ1) is 25.9. The highest BCUT2D eigenvalue weighted by molar-refractivity contribution is 7.90. The molecule has 0 saturated heterocycles. The molecular weight excluding hydrogens is 470 g/mol. The molecule has 3 aromatic rings. The van der Waals surface area contributed by atoms with Crippen LogP contribution in [0.1, 0.15) is 30.7 Å². The summed E-state index contributed by atoms with van der Waals surface area (Å²) in [5, 5.41) is -0.0497. The van der Waals surface area contributed by atoms with Crippen molar-refractivity contribution >= 4 is 19.9 Å². The Morgan fingerprint density at radius 2 is 1.68 bits per heavy atom. The number of nitrogens with zero attached hydrogens (tertiary/aromatic N) is 3. The second-order valence-electron chi connectivity index (χ2n) is 8.68. The van der Waals surface area contributed by atoms with Crippen LogP contribution < -0.4 is 0 Å². The number of rotatable bonds is 11. The largest absolute Gasteiger partial charge is 0.317 e. The number of imidazole rings is 1. The fourth-order valence-corrected chi connectivity index (χ4v) is 6.50. The Morgan fingerprint density at radius 1 is 1.03 bits per heavy atom. The van der Waals surface area contributed by atoms with E-state index in [1.807, 2.05) is 26.8 Å². The Bertz CT molecular complexity index is 1330. The quantitative estimate of drug-likeness (QED) is 0.368. The first-order chi connectivity index (χ1) is 16.0. The maximum Gasteiger partial charge on any atom is 0.243 e. The van der Waals surface area contributed by atoms with Crippen LogP contribution in [0.5, 0.6) is 0 Å². The van der Waals surface area contributed by atoms with Crippen LogP contribution in [-0.2, 0) is 38.7 Å². The Morgan fingerprint density at radius 3 is 2.26 bits per heavy atom. The molecule has 0 fully saturated rings. The number of hydrogen-bond donors (Lipinski definition) is 0. The van der Waals surface area contributed by atoms with E-state index in [0.717, 1.165) is 5.56 Å². The van der Waals surface area contributed by atoms with Crippen molar-refractivity contribution < 1.29 is 16.8 Å². The zero-order valence-corrected chi connectivity index (χ0v) is 21.4. The van der Waals surface area contributed by atoms with E-state index in [1.54, 1.807) is 53.1 Å². The standard InChI is InChI=1S/C25H31N3O4S2/c1-5-15-27(34(31,32)24-13-11-21(4)12-14-24)18-23-16-26-25(28(23)17-20(2)3)33(29,30)19-22-9-7-6-8-10-22/h5-14,16,20H,1,15,17-19H2,2-4H3. The second kappa shape index (κ2) is 10.7. The molecule has 7 nitrogen and oxygen atoms in total. The van der Waals surface area contributed by atoms with Gasteiger partial charge in [0.05, 0.1) is 29.1 Å². The molecule has 0 atom stereocenters. The van der Waals surface area contributed by atoms with E-state index in [1.165, 1.54) is 16.6 Å². The van der Waals surface area contributed by atoms with Gasteiger partial charge in [-0.25, -0.2) is 21.8 Å². The Balaban J connectivity index is 2.00. The maximum atomic E-state index is 13.3. The minimum atomic E-state index is -3.83. The molecule has 0 spiro atoms. The lowest BCUT2D eigenvalue weighted by molar-refractivity contribution is 0.406. The summed E-state index contributed by atoms with van der Waals surface area (Å²) in [5.41, 5.74) is 2.13. The summed E-state index contributed by atoms with van der Waals surface area (Å²) in [5.74, 6) is -0.0550. The molecule has 0 bridgehead atoms. The van der Waals surface area contributed by atoms with Crippen molar-refractivity contribution in [1.29, 1.82) is 0 Å². The van der Waals surface area contributed by atoms with Gasteiger partial charge in [-0.15, -0.1) is 6.58 Å². The van der Waals surface area contributed by atoms with Crippen LogP contribution in [0.15, 0.2) is 83.5 Å². The molecule has 1 aromatic heterocycles. The van der Waals surface area contributed by atoms with Crippen molar-refractivity contribution in [2.75, 3.05) is 6.54 Å². The smallest absolute Gasteiger partial charge is 0.243 e. The van der Waals surface area contributed by atoms with Crippen LogP contribution in [0.2, 0.25) is 0 Å². The van der Waals surface area contributed by atoms with Crippen molar-refractivity contribution in [2.24, 2.45) is 5.92 Å². The summed E-state index contributed by atoms with van der Waals surface area (Å²) in [6, 6.07) is 15.6. The highest BCUT2D eigenvalue weighted by Crippen LogP contribution is 2.23. The third-order valence-electron chi connectivity index (χ3n) is 5.26. The van der Waals surface area contributed by atoms with Gasteiger partial charge in [0.25, 0.3) is 0 Å². The fraction of sp³-hybridized carbons (Fsp3) is 0.320. The molecule has 1 heterocycles. The lowest BCUT2D eigenvalue weighted by atomic mass is 10.2. The zero-order valence-electron chi connectivity index (χ0n) is 19.8. The van der Waals surface area contributed by atoms with E-state index >= 15 is 0 Å². The van der Waals surface area contributed by atoms with Gasteiger partial charge in [0.1, 0.15) is 0 Å². The lowest BCUT2D eigenvalue weighted by Gasteiger charge is -2.22. The molecule has 0 aliphatic rings. The first-order valence-corrected chi connectivity index (χ1v) is 14.1. The van der Waals surface area contributed by atoms with Crippen molar-refractivity contribution in [2.45, 2.75) is 49.7 Å². The fourth-order valence-electron chi connectivity index (χ4n) is 3.62. The predicted molar refractivity (Wildman–Crippen MR) is 133 cm³/mol. The molecule has 34 heavy (non-hydrogen) atoms. The van der Waals surface area contributed by atoms with Gasteiger partial charge in [-0.3, -0.25) is 0 Å². The summed E-state index contributed by atoms with van der Waals surface area (Å²) in [4.78, 5) is 4.42. The van der Waals surface area contributed by atoms with Gasteiger partial charge in [0.15, 0.2) is 0 Å². The van der Waals surface area contributed by atoms with Gasteiger partial charge < -0.3 is 4.57 Å². The molecule has 9 heteroatoms. The van der Waals surface area contributed by atoms with Crippen LogP contribution in [0, 0.1) is 12.8 Å². The summed E-state index contributed by atoms with van der Waals surface area (Å²) in [6.45, 7) is 9.99. The van der Waals surface area contributed by atoms with E-state index < -0.39 is 19.9 Å². The molecule has 0 saturated carbocycles. The zero-order chi connectivity index (χ0) is 24.9. The SMILES string of the molecule is C=CCN(Cc1cnc(S(=O)(=O)Cc2ccccc2)n1CC(C)C)S(=O)(=O)c1ccc(C)cc1. The minimum Gasteiger partial charge on any atom is -0.317 e. The summed E-state index contributed by atoms with van der Waals surface area (Å²) < 4.78 is 56.1. The minimum absolute atomic E-state index is 0.0250. The van der Waals surface area contributed by atoms with E-state index in [4.69, 9.17) is 0 Å². The Hall–Kier alpha value is -2.75. The third kappa shape index (κ3) is 6.02. The number of aryl methyl sites for hydroxylation is 1. The van der Waals surface area contributed by atoms with Gasteiger partial charge >= 0.3 is 0 Å². The first-order valence-electron chi connectivity index (χ1n) is 11.0. The molecule has 0 N–H and O–H groups in total. The molecular formula is C25H31N3O4S2. The topological polar surface area (TPSA) is 89.3 Å². The molecule has 0 unspecified atom stereocenters. The summed E-state index contributed by atoms with van der Waals surface area (Å²) >= 11 is 0. The molecule has 0 aliphatic carbocycles. The highest BCUT2D eigenvalue weighted by Gasteiger charge is 2.28. The molecule has 0 radical (unpaired) electrons. The Labute approximate surface area is 202 Å². The van der Waals surface area contributed by atoms with Gasteiger partial charge in [-0.1, -0.05) is 68.0 Å². The predicted octanol–water partition coefficient (Wildman–Crippen LogP) is 4.20. The van der Waals surface area contributed by atoms with Crippen LogP contribution in [0.25, 0.3) is 0 Å². The number of sulfone groups is 1. The van der Waals surface area contributed by atoms with E-state index in [9.17, 15) is 16.8 Å². The number of hydrogen-bond acceptors (Lipinski definition) is 5. The number of sulfonamides is 1. The second-order valence-corrected chi connectivity index (χ2v) is 12.5. The van der Waals surface area contributed by atoms with Crippen molar-refractivity contribution in [3.63, 3.8) is 0 Å². The molecule has 2 aromatic carbocycles. The van der Waals surface area contributed by atoms with Gasteiger partial charge in [-0.2, -0.15) is 4.31 Å². The number of benzene rings is 2. The molecule has 182 valence electrons. The summed E-state index contributed by atoms with van der Waals surface area (Å²) in [6.07, 6.45) is 2.98. The Kier molecular flexibility index (Phi) is 8.12. The van der Waals surface area contributed by atoms with Gasteiger partial charge in [0, 0.05) is 13.1 Å². The molecule has 0 amide bonds. The van der Waals surface area contributed by atoms with E-state index in [2.05, 4.69) is 11.6 Å². The average molecular weight is 502 g/mol. The maximum absolute atomic E-state index is 13.3.